The molecule has 5 nitrogen and oxygen atoms in total. The minimum absolute atomic E-state index is 0.325. The van der Waals surface area contributed by atoms with Crippen LogP contribution in [0.5, 0.6) is 5.75 Å². The van der Waals surface area contributed by atoms with Crippen LogP contribution in [0.1, 0.15) is 15.9 Å². The van der Waals surface area contributed by atoms with Gasteiger partial charge in [0.25, 0.3) is 0 Å². The van der Waals surface area contributed by atoms with E-state index in [2.05, 4.69) is 4.90 Å². The van der Waals surface area contributed by atoms with Gasteiger partial charge in [-0.15, -0.1) is 0 Å². The molecule has 0 saturated carbocycles. The molecule has 3 rings (SSSR count). The van der Waals surface area contributed by atoms with Gasteiger partial charge in [-0.2, -0.15) is 0 Å². The number of hydrogen-bond donors (Lipinski definition) is 1. The lowest BCUT2D eigenvalue weighted by molar-refractivity contribution is 0.0600. The smallest absolute Gasteiger partial charge is 0.337 e. The number of nitrogen functional groups attached to an aromatic ring is 1. The van der Waals surface area contributed by atoms with Gasteiger partial charge in [0, 0.05) is 12.2 Å². The Morgan fingerprint density at radius 3 is 3.00 bits per heavy atom. The number of carbonyl (C=O) groups is 1. The van der Waals surface area contributed by atoms with Crippen molar-refractivity contribution in [2.24, 2.45) is 0 Å². The summed E-state index contributed by atoms with van der Waals surface area (Å²) in [5.74, 6) is 0.512. The van der Waals surface area contributed by atoms with Crippen molar-refractivity contribution in [1.82, 2.24) is 0 Å². The Labute approximate surface area is 129 Å². The van der Waals surface area contributed by atoms with Crippen LogP contribution in [0.3, 0.4) is 0 Å². The van der Waals surface area contributed by atoms with Crippen molar-refractivity contribution in [1.29, 1.82) is 0 Å². The number of rotatable bonds is 3. The topological polar surface area (TPSA) is 64.8 Å². The van der Waals surface area contributed by atoms with Gasteiger partial charge >= 0.3 is 5.97 Å². The number of anilines is 2. The van der Waals surface area contributed by atoms with Gasteiger partial charge in [-0.05, 0) is 35.9 Å². The molecule has 0 atom stereocenters. The molecule has 0 spiro atoms. The predicted molar refractivity (Wildman–Crippen MR) is 85.2 cm³/mol. The molecular formula is C17H18N2O3. The number of esters is 1. The van der Waals surface area contributed by atoms with Gasteiger partial charge in [0.1, 0.15) is 12.4 Å². The van der Waals surface area contributed by atoms with Gasteiger partial charge in [-0.1, -0.05) is 12.1 Å². The Bertz CT molecular complexity index is 700. The minimum atomic E-state index is -0.325. The van der Waals surface area contributed by atoms with Gasteiger partial charge in [0.05, 0.1) is 24.9 Å². The highest BCUT2D eigenvalue weighted by molar-refractivity contribution is 5.89. The summed E-state index contributed by atoms with van der Waals surface area (Å²) in [5, 5.41) is 0. The summed E-state index contributed by atoms with van der Waals surface area (Å²) in [4.78, 5) is 13.8. The second kappa shape index (κ2) is 5.97. The van der Waals surface area contributed by atoms with E-state index in [4.69, 9.17) is 15.2 Å². The maximum Gasteiger partial charge on any atom is 0.337 e. The largest absolute Gasteiger partial charge is 0.490 e. The van der Waals surface area contributed by atoms with E-state index in [1.54, 1.807) is 6.07 Å². The molecule has 22 heavy (non-hydrogen) atoms. The van der Waals surface area contributed by atoms with Crippen LogP contribution in [0.15, 0.2) is 42.5 Å². The lowest BCUT2D eigenvalue weighted by atomic mass is 10.1. The maximum atomic E-state index is 11.6. The Balaban J connectivity index is 1.86. The van der Waals surface area contributed by atoms with Crippen LogP contribution in [0, 0.1) is 0 Å². The summed E-state index contributed by atoms with van der Waals surface area (Å²) in [6, 6.07) is 13.1. The lowest BCUT2D eigenvalue weighted by Gasteiger charge is -2.31. The van der Waals surface area contributed by atoms with Gasteiger partial charge < -0.3 is 20.1 Å². The molecule has 5 heteroatoms. The standard InChI is InChI=1S/C17H18N2O3/c1-21-17(20)13-4-2-3-12(9-13)11-19-7-8-22-16-6-5-14(18)10-15(16)19/h2-6,9-10H,7-8,11,18H2,1H3. The molecule has 0 amide bonds. The molecule has 1 aliphatic rings. The molecule has 0 aromatic heterocycles. The normalized spacial score (nSPS) is 13.2. The van der Waals surface area contributed by atoms with E-state index in [0.717, 1.165) is 23.5 Å². The van der Waals surface area contributed by atoms with Crippen LogP contribution < -0.4 is 15.4 Å². The summed E-state index contributed by atoms with van der Waals surface area (Å²) < 4.78 is 10.4. The molecule has 0 bridgehead atoms. The highest BCUT2D eigenvalue weighted by atomic mass is 16.5. The summed E-state index contributed by atoms with van der Waals surface area (Å²) in [6.07, 6.45) is 0. The van der Waals surface area contributed by atoms with Crippen molar-refractivity contribution in [2.45, 2.75) is 6.54 Å². The predicted octanol–water partition coefficient (Wildman–Crippen LogP) is 2.45. The second-order valence-corrected chi connectivity index (χ2v) is 5.19. The van der Waals surface area contributed by atoms with Crippen LogP contribution in [0.2, 0.25) is 0 Å². The first-order valence-corrected chi connectivity index (χ1v) is 7.12. The number of hydrogen-bond acceptors (Lipinski definition) is 5. The zero-order valence-corrected chi connectivity index (χ0v) is 12.4. The molecule has 0 aliphatic carbocycles. The minimum Gasteiger partial charge on any atom is -0.490 e. The van der Waals surface area contributed by atoms with Crippen LogP contribution in [0.25, 0.3) is 0 Å². The zero-order chi connectivity index (χ0) is 15.5. The molecule has 0 unspecified atom stereocenters. The highest BCUT2D eigenvalue weighted by Crippen LogP contribution is 2.34. The molecule has 114 valence electrons. The Kier molecular flexibility index (Phi) is 3.87. The second-order valence-electron chi connectivity index (χ2n) is 5.19. The molecule has 0 radical (unpaired) electrons. The lowest BCUT2D eigenvalue weighted by Crippen LogP contribution is -2.32. The van der Waals surface area contributed by atoms with Crippen LogP contribution >= 0.6 is 0 Å². The summed E-state index contributed by atoms with van der Waals surface area (Å²) in [7, 11) is 1.38. The van der Waals surface area contributed by atoms with Crippen molar-refractivity contribution < 1.29 is 14.3 Å². The fourth-order valence-electron chi connectivity index (χ4n) is 2.59. The van der Waals surface area contributed by atoms with Gasteiger partial charge in [-0.3, -0.25) is 0 Å². The average Bonchev–Trinajstić information content (AvgIpc) is 2.55. The molecule has 1 aliphatic heterocycles. The summed E-state index contributed by atoms with van der Waals surface area (Å²) in [6.45, 7) is 2.09. The number of benzene rings is 2. The Hall–Kier alpha value is -2.69. The van der Waals surface area contributed by atoms with Crippen molar-refractivity contribution >= 4 is 17.3 Å². The van der Waals surface area contributed by atoms with E-state index in [9.17, 15) is 4.79 Å². The zero-order valence-electron chi connectivity index (χ0n) is 12.4. The Morgan fingerprint density at radius 1 is 1.32 bits per heavy atom. The average molecular weight is 298 g/mol. The van der Waals surface area contributed by atoms with Crippen LogP contribution in [0.4, 0.5) is 11.4 Å². The summed E-state index contributed by atoms with van der Waals surface area (Å²) >= 11 is 0. The summed E-state index contributed by atoms with van der Waals surface area (Å²) in [5.41, 5.74) is 9.16. The van der Waals surface area contributed by atoms with Crippen LogP contribution in [-0.4, -0.2) is 26.2 Å². The van der Waals surface area contributed by atoms with Crippen molar-refractivity contribution in [3.8, 4) is 5.75 Å². The molecule has 0 saturated heterocycles. The maximum absolute atomic E-state index is 11.6. The number of ether oxygens (including phenoxy) is 2. The number of nitrogens with zero attached hydrogens (tertiary/aromatic N) is 1. The van der Waals surface area contributed by atoms with E-state index in [1.165, 1.54) is 7.11 Å². The molecule has 2 aromatic rings. The Morgan fingerprint density at radius 2 is 2.18 bits per heavy atom. The quantitative estimate of drug-likeness (QED) is 0.696. The van der Waals surface area contributed by atoms with Gasteiger partial charge in [0.2, 0.25) is 0 Å². The fraction of sp³-hybridized carbons (Fsp3) is 0.235. The van der Waals surface area contributed by atoms with Gasteiger partial charge in [-0.25, -0.2) is 4.79 Å². The highest BCUT2D eigenvalue weighted by Gasteiger charge is 2.18. The molecule has 2 aromatic carbocycles. The molecule has 2 N–H and O–H groups in total. The first-order chi connectivity index (χ1) is 10.7. The third-order valence-electron chi connectivity index (χ3n) is 3.66. The first-order valence-electron chi connectivity index (χ1n) is 7.12. The number of methoxy groups -OCH3 is 1. The van der Waals surface area contributed by atoms with E-state index in [1.807, 2.05) is 36.4 Å². The van der Waals surface area contributed by atoms with Crippen LogP contribution in [-0.2, 0) is 11.3 Å². The van der Waals surface area contributed by atoms with Gasteiger partial charge in [0.15, 0.2) is 0 Å². The third-order valence-corrected chi connectivity index (χ3v) is 3.66. The third kappa shape index (κ3) is 2.83. The SMILES string of the molecule is COC(=O)c1cccc(CN2CCOc3ccc(N)cc32)c1. The molecule has 0 fully saturated rings. The molecular weight excluding hydrogens is 280 g/mol. The van der Waals surface area contributed by atoms with Crippen molar-refractivity contribution in [2.75, 3.05) is 30.9 Å². The van der Waals surface area contributed by atoms with E-state index in [0.29, 0.717) is 24.4 Å². The number of fused-ring (bicyclic) bond motifs is 1. The molecule has 1 heterocycles. The number of nitrogens with two attached hydrogens (primary N) is 1. The van der Waals surface area contributed by atoms with Crippen molar-refractivity contribution in [3.63, 3.8) is 0 Å². The first kappa shape index (κ1) is 14.3. The van der Waals surface area contributed by atoms with E-state index in [-0.39, 0.29) is 5.97 Å². The van der Waals surface area contributed by atoms with E-state index >= 15 is 0 Å². The van der Waals surface area contributed by atoms with Crippen molar-refractivity contribution in [3.05, 3.63) is 53.6 Å². The fourth-order valence-corrected chi connectivity index (χ4v) is 2.59. The monoisotopic (exact) mass is 298 g/mol. The number of carbonyl (C=O) groups excluding carboxylic acids is 1. The van der Waals surface area contributed by atoms with E-state index < -0.39 is 0 Å².